The monoisotopic (exact) mass is 287 g/mol. The molecule has 0 rings (SSSR count). The highest BCUT2D eigenvalue weighted by atomic mass is 16.5. The fourth-order valence-electron chi connectivity index (χ4n) is 1.41. The SMILES string of the molecule is CCN(CC(=O)NC(=O)NCCC(C)C)CC(=O)OC. The molecule has 0 saturated heterocycles. The summed E-state index contributed by atoms with van der Waals surface area (Å²) in [5.74, 6) is -0.375. The number of amides is 3. The summed E-state index contributed by atoms with van der Waals surface area (Å²) in [6.45, 7) is 6.96. The molecule has 0 spiro atoms. The molecule has 3 amide bonds. The first kappa shape index (κ1) is 18.4. The van der Waals surface area contributed by atoms with Crippen molar-refractivity contribution in [3.63, 3.8) is 0 Å². The highest BCUT2D eigenvalue weighted by molar-refractivity contribution is 5.95. The number of methoxy groups -OCH3 is 1. The maximum absolute atomic E-state index is 11.6. The molecule has 0 bridgehead atoms. The Balaban J connectivity index is 4.00. The second kappa shape index (κ2) is 10.2. The Bertz CT molecular complexity index is 332. The van der Waals surface area contributed by atoms with Crippen molar-refractivity contribution in [3.05, 3.63) is 0 Å². The van der Waals surface area contributed by atoms with E-state index in [0.29, 0.717) is 19.0 Å². The van der Waals surface area contributed by atoms with Gasteiger partial charge < -0.3 is 10.1 Å². The Hall–Kier alpha value is -1.63. The van der Waals surface area contributed by atoms with Crippen molar-refractivity contribution in [2.24, 2.45) is 5.92 Å². The smallest absolute Gasteiger partial charge is 0.321 e. The van der Waals surface area contributed by atoms with Crippen LogP contribution in [-0.4, -0.2) is 56.1 Å². The zero-order chi connectivity index (χ0) is 15.5. The van der Waals surface area contributed by atoms with Gasteiger partial charge in [0.2, 0.25) is 5.91 Å². The normalized spacial score (nSPS) is 10.5. The first-order chi connectivity index (χ1) is 9.38. The summed E-state index contributed by atoms with van der Waals surface area (Å²) in [5, 5.41) is 4.83. The summed E-state index contributed by atoms with van der Waals surface area (Å²) in [6, 6.07) is -0.509. The van der Waals surface area contributed by atoms with Gasteiger partial charge in [-0.15, -0.1) is 0 Å². The third-order valence-electron chi connectivity index (χ3n) is 2.65. The Morgan fingerprint density at radius 1 is 1.20 bits per heavy atom. The molecule has 0 saturated carbocycles. The van der Waals surface area contributed by atoms with Crippen LogP contribution in [-0.2, 0) is 14.3 Å². The third-order valence-corrected chi connectivity index (χ3v) is 2.65. The molecule has 7 nitrogen and oxygen atoms in total. The van der Waals surface area contributed by atoms with Crippen molar-refractivity contribution in [3.8, 4) is 0 Å². The number of nitrogens with zero attached hydrogens (tertiary/aromatic N) is 1. The quantitative estimate of drug-likeness (QED) is 0.629. The van der Waals surface area contributed by atoms with E-state index in [9.17, 15) is 14.4 Å². The lowest BCUT2D eigenvalue weighted by atomic mass is 10.1. The molecule has 0 aliphatic rings. The first-order valence-electron chi connectivity index (χ1n) is 6.75. The highest BCUT2D eigenvalue weighted by Crippen LogP contribution is 1.96. The van der Waals surface area contributed by atoms with Crippen LogP contribution in [0.15, 0.2) is 0 Å². The predicted octanol–water partition coefficient (Wildman–Crippen LogP) is 0.353. The van der Waals surface area contributed by atoms with Crippen LogP contribution in [0.1, 0.15) is 27.2 Å². The van der Waals surface area contributed by atoms with Crippen molar-refractivity contribution in [1.29, 1.82) is 0 Å². The first-order valence-corrected chi connectivity index (χ1v) is 6.75. The van der Waals surface area contributed by atoms with Crippen molar-refractivity contribution in [2.45, 2.75) is 27.2 Å². The number of nitrogens with one attached hydrogen (secondary N) is 2. The minimum Gasteiger partial charge on any atom is -0.468 e. The van der Waals surface area contributed by atoms with E-state index in [2.05, 4.69) is 29.2 Å². The maximum Gasteiger partial charge on any atom is 0.321 e. The molecule has 0 aromatic heterocycles. The van der Waals surface area contributed by atoms with Crippen LogP contribution >= 0.6 is 0 Å². The van der Waals surface area contributed by atoms with E-state index < -0.39 is 17.9 Å². The lowest BCUT2D eigenvalue weighted by Crippen LogP contribution is -2.45. The molecule has 0 unspecified atom stereocenters. The lowest BCUT2D eigenvalue weighted by Gasteiger charge is -2.18. The number of esters is 1. The molecule has 0 radical (unpaired) electrons. The molecule has 2 N–H and O–H groups in total. The molecule has 0 aromatic rings. The van der Waals surface area contributed by atoms with Crippen LogP contribution in [0.2, 0.25) is 0 Å². The molecule has 20 heavy (non-hydrogen) atoms. The molecule has 0 aromatic carbocycles. The largest absolute Gasteiger partial charge is 0.468 e. The maximum atomic E-state index is 11.6. The topological polar surface area (TPSA) is 87.7 Å². The van der Waals surface area contributed by atoms with Gasteiger partial charge in [0.15, 0.2) is 0 Å². The van der Waals surface area contributed by atoms with Crippen molar-refractivity contribution >= 4 is 17.9 Å². The van der Waals surface area contributed by atoms with Gasteiger partial charge in [0.25, 0.3) is 0 Å². The van der Waals surface area contributed by atoms with Crippen LogP contribution in [0.3, 0.4) is 0 Å². The molecule has 116 valence electrons. The number of hydrogen-bond acceptors (Lipinski definition) is 5. The number of likely N-dealkylation sites (N-methyl/N-ethyl adjacent to an activating group) is 1. The standard InChI is InChI=1S/C13H25N3O4/c1-5-16(9-12(18)20-4)8-11(17)15-13(19)14-7-6-10(2)3/h10H,5-9H2,1-4H3,(H2,14,15,17,19). The van der Waals surface area contributed by atoms with Gasteiger partial charge in [0.05, 0.1) is 20.2 Å². The van der Waals surface area contributed by atoms with Crippen LogP contribution in [0, 0.1) is 5.92 Å². The fraction of sp³-hybridized carbons (Fsp3) is 0.769. The van der Waals surface area contributed by atoms with Crippen LogP contribution in [0.4, 0.5) is 4.79 Å². The Labute approximate surface area is 120 Å². The minimum absolute atomic E-state index is 0.0232. The summed E-state index contributed by atoms with van der Waals surface area (Å²) < 4.78 is 4.53. The van der Waals surface area contributed by atoms with E-state index in [1.54, 1.807) is 4.90 Å². The van der Waals surface area contributed by atoms with E-state index in [0.717, 1.165) is 6.42 Å². The zero-order valence-electron chi connectivity index (χ0n) is 12.7. The Morgan fingerprint density at radius 2 is 1.85 bits per heavy atom. The molecular weight excluding hydrogens is 262 g/mol. The Morgan fingerprint density at radius 3 is 2.35 bits per heavy atom. The fourth-order valence-corrected chi connectivity index (χ4v) is 1.41. The summed E-state index contributed by atoms with van der Waals surface area (Å²) in [4.78, 5) is 35.8. The predicted molar refractivity (Wildman–Crippen MR) is 75.1 cm³/mol. The number of carbonyl (C=O) groups is 3. The van der Waals surface area contributed by atoms with E-state index in [4.69, 9.17) is 0 Å². The van der Waals surface area contributed by atoms with Gasteiger partial charge in [-0.05, 0) is 18.9 Å². The lowest BCUT2D eigenvalue weighted by molar-refractivity contribution is -0.142. The van der Waals surface area contributed by atoms with Crippen molar-refractivity contribution in [2.75, 3.05) is 33.3 Å². The number of urea groups is 1. The molecular formula is C13H25N3O4. The average Bonchev–Trinajstić information content (AvgIpc) is 2.36. The van der Waals surface area contributed by atoms with Gasteiger partial charge in [-0.25, -0.2) is 4.79 Å². The van der Waals surface area contributed by atoms with Crippen molar-refractivity contribution in [1.82, 2.24) is 15.5 Å². The van der Waals surface area contributed by atoms with Crippen LogP contribution in [0.5, 0.6) is 0 Å². The summed E-state index contributed by atoms with van der Waals surface area (Å²) in [6.07, 6.45) is 0.852. The van der Waals surface area contributed by atoms with Gasteiger partial charge in [0, 0.05) is 6.54 Å². The van der Waals surface area contributed by atoms with E-state index in [-0.39, 0.29) is 13.1 Å². The number of rotatable bonds is 8. The number of ether oxygens (including phenoxy) is 1. The van der Waals surface area contributed by atoms with Gasteiger partial charge in [-0.2, -0.15) is 0 Å². The second-order valence-electron chi connectivity index (χ2n) is 4.87. The Kier molecular flexibility index (Phi) is 9.36. The van der Waals surface area contributed by atoms with E-state index in [1.165, 1.54) is 7.11 Å². The third kappa shape index (κ3) is 9.32. The number of carbonyl (C=O) groups excluding carboxylic acids is 3. The molecule has 0 aliphatic heterocycles. The van der Waals surface area contributed by atoms with E-state index in [1.807, 2.05) is 6.92 Å². The molecule has 0 heterocycles. The van der Waals surface area contributed by atoms with Gasteiger partial charge in [0.1, 0.15) is 0 Å². The second-order valence-corrected chi connectivity index (χ2v) is 4.87. The number of hydrogen-bond donors (Lipinski definition) is 2. The summed E-state index contributed by atoms with van der Waals surface area (Å²) in [7, 11) is 1.29. The van der Waals surface area contributed by atoms with Crippen molar-refractivity contribution < 1.29 is 19.1 Å². The van der Waals surface area contributed by atoms with E-state index >= 15 is 0 Å². The van der Waals surface area contributed by atoms with Gasteiger partial charge in [-0.1, -0.05) is 20.8 Å². The van der Waals surface area contributed by atoms with Gasteiger partial charge in [-0.3, -0.25) is 19.8 Å². The summed E-state index contributed by atoms with van der Waals surface area (Å²) in [5.41, 5.74) is 0. The number of imide groups is 1. The molecule has 0 fully saturated rings. The highest BCUT2D eigenvalue weighted by Gasteiger charge is 2.14. The van der Waals surface area contributed by atoms with Crippen LogP contribution in [0.25, 0.3) is 0 Å². The van der Waals surface area contributed by atoms with Gasteiger partial charge >= 0.3 is 12.0 Å². The molecule has 7 heteroatoms. The molecule has 0 atom stereocenters. The van der Waals surface area contributed by atoms with Crippen LogP contribution < -0.4 is 10.6 Å². The average molecular weight is 287 g/mol. The minimum atomic E-state index is -0.509. The summed E-state index contributed by atoms with van der Waals surface area (Å²) >= 11 is 0. The zero-order valence-corrected chi connectivity index (χ0v) is 12.7. The molecule has 0 aliphatic carbocycles.